The second-order valence-electron chi connectivity index (χ2n) is 16.3. The zero-order chi connectivity index (χ0) is 41.2. The number of aliphatic hydroxyl groups excluding tert-OH is 1. The number of hydrogen-bond acceptors (Lipinski definition) is 6. The zero-order valence-electron chi connectivity index (χ0n) is 35.2. The van der Waals surface area contributed by atoms with E-state index in [1.54, 1.807) is 4.90 Å². The number of unbranched alkanes of at least 4 members (excludes halogenated alkanes) is 1. The number of alkyl halides is 2. The van der Waals surface area contributed by atoms with E-state index >= 15 is 0 Å². The van der Waals surface area contributed by atoms with Crippen LogP contribution >= 0.6 is 12.6 Å². The summed E-state index contributed by atoms with van der Waals surface area (Å²) in [6.07, 6.45) is 10.3. The predicted molar refractivity (Wildman–Crippen MR) is 226 cm³/mol. The van der Waals surface area contributed by atoms with E-state index < -0.39 is 11.0 Å². The van der Waals surface area contributed by atoms with Crippen molar-refractivity contribution >= 4 is 42.3 Å². The van der Waals surface area contributed by atoms with Gasteiger partial charge in [0.2, 0.25) is 0 Å². The van der Waals surface area contributed by atoms with Gasteiger partial charge < -0.3 is 24.2 Å². The van der Waals surface area contributed by atoms with Crippen LogP contribution in [0.1, 0.15) is 144 Å². The van der Waals surface area contributed by atoms with E-state index in [2.05, 4.69) is 82.0 Å². The lowest BCUT2D eigenvalue weighted by molar-refractivity contribution is -0.0710. The Morgan fingerprint density at radius 1 is 1.02 bits per heavy atom. The molecule has 0 aromatic heterocycles. The second-order valence-corrected chi connectivity index (χ2v) is 16.7. The van der Waals surface area contributed by atoms with Crippen molar-refractivity contribution in [3.8, 4) is 5.75 Å². The van der Waals surface area contributed by atoms with Gasteiger partial charge in [0, 0.05) is 19.7 Å². The fraction of sp³-hybridized carbons (Fsp3) is 0.833. The van der Waals surface area contributed by atoms with Crippen LogP contribution in [0.15, 0.2) is 18.2 Å². The van der Waals surface area contributed by atoms with E-state index in [9.17, 15) is 18.7 Å². The highest BCUT2D eigenvalue weighted by molar-refractivity contribution is 7.80. The minimum absolute atomic E-state index is 0.104. The first-order chi connectivity index (χ1) is 25.4. The maximum absolute atomic E-state index is 12.9. The van der Waals surface area contributed by atoms with E-state index in [4.69, 9.17) is 22.1 Å². The zero-order valence-corrected chi connectivity index (χ0v) is 36.1. The van der Waals surface area contributed by atoms with Crippen molar-refractivity contribution in [3.05, 3.63) is 29.3 Å². The summed E-state index contributed by atoms with van der Waals surface area (Å²) in [5.41, 5.74) is -2.07. The van der Waals surface area contributed by atoms with Gasteiger partial charge in [0.15, 0.2) is 0 Å². The van der Waals surface area contributed by atoms with Crippen LogP contribution in [-0.4, -0.2) is 102 Å². The van der Waals surface area contributed by atoms with Gasteiger partial charge in [-0.2, -0.15) is 12.6 Å². The normalized spacial score (nSPS) is 24.0. The van der Waals surface area contributed by atoms with Crippen molar-refractivity contribution in [2.75, 3.05) is 45.3 Å². The van der Waals surface area contributed by atoms with Gasteiger partial charge in [0.25, 0.3) is 0 Å². The van der Waals surface area contributed by atoms with Crippen LogP contribution in [0.5, 0.6) is 5.75 Å². The van der Waals surface area contributed by atoms with Gasteiger partial charge in [0.1, 0.15) is 29.3 Å². The smallest absolute Gasteiger partial charge is 0.410 e. The van der Waals surface area contributed by atoms with Crippen molar-refractivity contribution in [2.24, 2.45) is 22.7 Å². The number of aliphatic hydroxyl groups is 1. The third kappa shape index (κ3) is 15.6. The molecule has 6 unspecified atom stereocenters. The molecule has 2 saturated carbocycles. The van der Waals surface area contributed by atoms with Gasteiger partial charge in [-0.1, -0.05) is 74.3 Å². The number of carbonyl (C=O) groups excluding carboxylic acids is 1. The summed E-state index contributed by atoms with van der Waals surface area (Å²) < 4.78 is 42.8. The summed E-state index contributed by atoms with van der Waals surface area (Å²) in [5, 5.41) is 9.23. The highest BCUT2D eigenvalue weighted by atomic mass is 32.1. The molecule has 3 aliphatic rings. The van der Waals surface area contributed by atoms with Gasteiger partial charge in [-0.15, -0.1) is 0 Å². The van der Waals surface area contributed by atoms with Crippen LogP contribution in [0.2, 0.25) is 0 Å². The molecule has 0 bridgehead atoms. The standard InChI is InChI=1S/C29H45NO5.C6H14.C5H7B3F2S.C2H6/c1-4-6-15-30(16-18-33-5-2)28(32)35-22-8-10-23-21(20-22)7-9-25-24(23)13-14-29(3)26(25)11-12-27(29)34-19-17-31;1-5-6(2,3)4;6-4(9,2-1-3-11)5(7,8)10;1-2/h8,10,20,24-27,31H,4-7,9,11-19H2,1-3H3;5H2,1-4H3;11H,1-3H2;1-2H3. The van der Waals surface area contributed by atoms with E-state index in [0.29, 0.717) is 74.0 Å². The molecule has 1 aromatic carbocycles. The Bertz CT molecular complexity index is 1200. The van der Waals surface area contributed by atoms with E-state index in [1.807, 2.05) is 26.8 Å². The van der Waals surface area contributed by atoms with Gasteiger partial charge in [-0.3, -0.25) is 8.78 Å². The number of benzene rings is 1. The van der Waals surface area contributed by atoms with Gasteiger partial charge in [-0.25, -0.2) is 4.79 Å². The molecular formula is C42H72B3F2NO5S. The van der Waals surface area contributed by atoms with Crippen molar-refractivity contribution in [1.82, 2.24) is 4.90 Å². The number of halogens is 2. The number of thiol groups is 1. The molecular weight excluding hydrogens is 701 g/mol. The SMILES string of the molecule is CC.CCC(C)(C)C.CCCCN(CCOCC)C(=O)Oc1ccc2c(c1)CCC1C2CCC2(C)C(OCCO)CCC12.[B]C([B])(F)C([B])(F)CCCS. The van der Waals surface area contributed by atoms with Crippen molar-refractivity contribution in [1.29, 1.82) is 0 Å². The maximum Gasteiger partial charge on any atom is 0.415 e. The monoisotopic (exact) mass is 774 g/mol. The highest BCUT2D eigenvalue weighted by Gasteiger charge is 2.55. The van der Waals surface area contributed by atoms with Crippen LogP contribution in [0, 0.1) is 22.7 Å². The quantitative estimate of drug-likeness (QED) is 0.106. The van der Waals surface area contributed by atoms with Crippen molar-refractivity contribution in [3.63, 3.8) is 0 Å². The molecule has 0 saturated heterocycles. The molecule has 6 radical (unpaired) electrons. The molecule has 54 heavy (non-hydrogen) atoms. The first-order valence-corrected chi connectivity index (χ1v) is 21.3. The molecule has 4 rings (SSSR count). The van der Waals surface area contributed by atoms with Gasteiger partial charge in [0.05, 0.1) is 37.0 Å². The van der Waals surface area contributed by atoms with Crippen molar-refractivity contribution < 1.29 is 32.9 Å². The third-order valence-corrected chi connectivity index (χ3v) is 11.7. The summed E-state index contributed by atoms with van der Waals surface area (Å²) >= 11 is 3.80. The van der Waals surface area contributed by atoms with Crippen LogP contribution in [0.25, 0.3) is 0 Å². The molecule has 3 aliphatic carbocycles. The predicted octanol–water partition coefficient (Wildman–Crippen LogP) is 9.52. The average molecular weight is 774 g/mol. The van der Waals surface area contributed by atoms with E-state index in [1.165, 1.54) is 43.2 Å². The van der Waals surface area contributed by atoms with Crippen molar-refractivity contribution in [2.45, 2.75) is 156 Å². The molecule has 1 amide bonds. The Labute approximate surface area is 338 Å². The van der Waals surface area contributed by atoms with E-state index in [-0.39, 0.29) is 30.6 Å². The fourth-order valence-corrected chi connectivity index (χ4v) is 7.86. The molecule has 12 heteroatoms. The highest BCUT2D eigenvalue weighted by Crippen LogP contribution is 2.61. The Kier molecular flexibility index (Phi) is 23.1. The first-order valence-electron chi connectivity index (χ1n) is 20.6. The topological polar surface area (TPSA) is 68.2 Å². The number of rotatable bonds is 15. The minimum Gasteiger partial charge on any atom is -0.410 e. The molecule has 0 spiro atoms. The lowest BCUT2D eigenvalue weighted by atomic mass is 9.50. The maximum atomic E-state index is 12.9. The van der Waals surface area contributed by atoms with Gasteiger partial charge >= 0.3 is 6.09 Å². The number of hydrogen-bond donors (Lipinski definition) is 2. The molecule has 1 N–H and O–H groups in total. The number of fused-ring (bicyclic) bond motifs is 5. The number of carbonyl (C=O) groups is 1. The molecule has 0 aliphatic heterocycles. The van der Waals surface area contributed by atoms with Crippen LogP contribution in [-0.2, 0) is 15.9 Å². The Morgan fingerprint density at radius 3 is 2.24 bits per heavy atom. The first kappa shape index (κ1) is 50.8. The van der Waals surface area contributed by atoms with Gasteiger partial charge in [-0.05, 0) is 122 Å². The molecule has 2 fully saturated rings. The third-order valence-electron chi connectivity index (χ3n) is 11.4. The summed E-state index contributed by atoms with van der Waals surface area (Å²) in [7, 11) is 14.1. The second kappa shape index (κ2) is 24.5. The van der Waals surface area contributed by atoms with Crippen LogP contribution in [0.4, 0.5) is 13.6 Å². The Hall–Kier alpha value is -1.23. The molecule has 6 nitrogen and oxygen atoms in total. The number of amides is 1. The van der Waals surface area contributed by atoms with E-state index in [0.717, 1.165) is 25.7 Å². The number of aryl methyl sites for hydroxylation is 1. The molecule has 0 heterocycles. The largest absolute Gasteiger partial charge is 0.415 e. The molecule has 6 atom stereocenters. The Balaban J connectivity index is 0.000000636. The molecule has 1 aromatic rings. The Morgan fingerprint density at radius 2 is 1.69 bits per heavy atom. The molecule has 304 valence electrons. The lowest BCUT2D eigenvalue weighted by Gasteiger charge is -2.50. The average Bonchev–Trinajstić information content (AvgIpc) is 3.47. The van der Waals surface area contributed by atoms with Crippen LogP contribution in [0.3, 0.4) is 0 Å². The summed E-state index contributed by atoms with van der Waals surface area (Å²) in [6.45, 7) is 22.5. The van der Waals surface area contributed by atoms with Crippen LogP contribution < -0.4 is 4.74 Å². The summed E-state index contributed by atoms with van der Waals surface area (Å²) in [4.78, 5) is 14.7. The number of nitrogens with zero attached hydrogens (tertiary/aromatic N) is 1. The fourth-order valence-electron chi connectivity index (χ4n) is 7.70. The number of ether oxygens (including phenoxy) is 3. The summed E-state index contributed by atoms with van der Waals surface area (Å²) in [6, 6.07) is 6.33. The summed E-state index contributed by atoms with van der Waals surface area (Å²) in [5.74, 6) is 3.04. The lowest BCUT2D eigenvalue weighted by Crippen LogP contribution is -2.49. The minimum atomic E-state index is -2.98.